The molecule has 1 heterocycles. The van der Waals surface area contributed by atoms with Crippen molar-refractivity contribution in [2.24, 2.45) is 5.92 Å². The monoisotopic (exact) mass is 294 g/mol. The SMILES string of the molecule is FC(F)(F)c1ccc(CC2COC2)c(Br)c1. The van der Waals surface area contributed by atoms with Crippen LogP contribution in [-0.4, -0.2) is 13.2 Å². The highest BCUT2D eigenvalue weighted by atomic mass is 79.9. The highest BCUT2D eigenvalue weighted by molar-refractivity contribution is 9.10. The summed E-state index contributed by atoms with van der Waals surface area (Å²) in [5.41, 5.74) is 0.286. The van der Waals surface area contributed by atoms with Gasteiger partial charge >= 0.3 is 6.18 Å². The molecule has 0 N–H and O–H groups in total. The fourth-order valence-electron chi connectivity index (χ4n) is 1.60. The number of halogens is 4. The minimum atomic E-state index is -4.28. The molecule has 0 aliphatic carbocycles. The van der Waals surface area contributed by atoms with Gasteiger partial charge in [-0.05, 0) is 24.1 Å². The van der Waals surface area contributed by atoms with Gasteiger partial charge in [0, 0.05) is 10.4 Å². The number of hydrogen-bond acceptors (Lipinski definition) is 1. The lowest BCUT2D eigenvalue weighted by Gasteiger charge is -2.26. The Morgan fingerprint density at radius 3 is 2.44 bits per heavy atom. The fourth-order valence-corrected chi connectivity index (χ4v) is 2.14. The quantitative estimate of drug-likeness (QED) is 0.809. The molecular formula is C11H10BrF3O. The fraction of sp³-hybridized carbons (Fsp3) is 0.455. The van der Waals surface area contributed by atoms with Crippen LogP contribution in [0.25, 0.3) is 0 Å². The zero-order chi connectivity index (χ0) is 11.8. The lowest BCUT2D eigenvalue weighted by Crippen LogP contribution is -2.29. The third-order valence-electron chi connectivity index (χ3n) is 2.60. The third-order valence-corrected chi connectivity index (χ3v) is 3.33. The summed E-state index contributed by atoms with van der Waals surface area (Å²) >= 11 is 3.18. The largest absolute Gasteiger partial charge is 0.416 e. The van der Waals surface area contributed by atoms with Gasteiger partial charge in [0.15, 0.2) is 0 Å². The van der Waals surface area contributed by atoms with Crippen molar-refractivity contribution in [3.63, 3.8) is 0 Å². The van der Waals surface area contributed by atoms with Gasteiger partial charge in [-0.25, -0.2) is 0 Å². The predicted molar refractivity (Wildman–Crippen MR) is 57.2 cm³/mol. The first-order valence-electron chi connectivity index (χ1n) is 4.90. The van der Waals surface area contributed by atoms with E-state index in [1.165, 1.54) is 6.07 Å². The van der Waals surface area contributed by atoms with Crippen molar-refractivity contribution in [2.45, 2.75) is 12.6 Å². The smallest absolute Gasteiger partial charge is 0.381 e. The van der Waals surface area contributed by atoms with Crippen LogP contribution in [0.5, 0.6) is 0 Å². The molecule has 5 heteroatoms. The second kappa shape index (κ2) is 4.37. The van der Waals surface area contributed by atoms with E-state index in [1.54, 1.807) is 0 Å². The van der Waals surface area contributed by atoms with Gasteiger partial charge in [-0.15, -0.1) is 0 Å². The molecule has 0 spiro atoms. The van der Waals surface area contributed by atoms with Crippen molar-refractivity contribution in [2.75, 3.05) is 13.2 Å². The van der Waals surface area contributed by atoms with Crippen molar-refractivity contribution >= 4 is 15.9 Å². The molecule has 0 aromatic heterocycles. The van der Waals surface area contributed by atoms with Crippen LogP contribution in [-0.2, 0) is 17.3 Å². The standard InChI is InChI=1S/C11H10BrF3O/c12-10-4-9(11(13,14)15)2-1-8(10)3-7-5-16-6-7/h1-2,4,7H,3,5-6H2. The zero-order valence-corrected chi connectivity index (χ0v) is 9.94. The molecule has 1 fully saturated rings. The van der Waals surface area contributed by atoms with Gasteiger partial charge in [0.25, 0.3) is 0 Å². The van der Waals surface area contributed by atoms with Crippen LogP contribution in [0.2, 0.25) is 0 Å². The highest BCUT2D eigenvalue weighted by Gasteiger charge is 2.31. The number of rotatable bonds is 2. The van der Waals surface area contributed by atoms with Gasteiger partial charge in [0.1, 0.15) is 0 Å². The van der Waals surface area contributed by atoms with Gasteiger partial charge < -0.3 is 4.74 Å². The molecule has 88 valence electrons. The lowest BCUT2D eigenvalue weighted by molar-refractivity contribution is -0.137. The summed E-state index contributed by atoms with van der Waals surface area (Å²) in [5, 5.41) is 0. The van der Waals surface area contributed by atoms with Crippen LogP contribution in [0.1, 0.15) is 11.1 Å². The summed E-state index contributed by atoms with van der Waals surface area (Å²) in [5.74, 6) is 0.438. The van der Waals surface area contributed by atoms with Crippen molar-refractivity contribution < 1.29 is 17.9 Å². The van der Waals surface area contributed by atoms with E-state index in [0.717, 1.165) is 24.1 Å². The molecule has 0 radical (unpaired) electrons. The summed E-state index contributed by atoms with van der Waals surface area (Å²) in [7, 11) is 0. The molecule has 1 aliphatic rings. The summed E-state index contributed by atoms with van der Waals surface area (Å²) in [6.45, 7) is 1.40. The Morgan fingerprint density at radius 1 is 1.31 bits per heavy atom. The Balaban J connectivity index is 2.15. The minimum absolute atomic E-state index is 0.438. The average Bonchev–Trinajstić information content (AvgIpc) is 2.11. The Bertz CT molecular complexity index is 385. The molecule has 2 rings (SSSR count). The van der Waals surface area contributed by atoms with Crippen molar-refractivity contribution in [3.8, 4) is 0 Å². The molecule has 1 aliphatic heterocycles. The molecule has 1 saturated heterocycles. The molecule has 1 aromatic carbocycles. The lowest BCUT2D eigenvalue weighted by atomic mass is 9.97. The second-order valence-electron chi connectivity index (χ2n) is 3.91. The normalized spacial score (nSPS) is 17.2. The maximum Gasteiger partial charge on any atom is 0.416 e. The maximum absolute atomic E-state index is 12.4. The summed E-state index contributed by atoms with van der Waals surface area (Å²) in [4.78, 5) is 0. The number of ether oxygens (including phenoxy) is 1. The Kier molecular flexibility index (Phi) is 3.26. The number of hydrogen-bond donors (Lipinski definition) is 0. The average molecular weight is 295 g/mol. The highest BCUT2D eigenvalue weighted by Crippen LogP contribution is 2.33. The predicted octanol–water partition coefficient (Wildman–Crippen LogP) is 3.66. The van der Waals surface area contributed by atoms with E-state index in [1.807, 2.05) is 0 Å². The van der Waals surface area contributed by atoms with Crippen LogP contribution < -0.4 is 0 Å². The number of benzene rings is 1. The Labute approximate surface area is 99.7 Å². The van der Waals surface area contributed by atoms with Crippen LogP contribution in [0, 0.1) is 5.92 Å². The minimum Gasteiger partial charge on any atom is -0.381 e. The second-order valence-corrected chi connectivity index (χ2v) is 4.77. The molecule has 1 aromatic rings. The Morgan fingerprint density at radius 2 is 2.00 bits per heavy atom. The summed E-state index contributed by atoms with van der Waals surface area (Å²) < 4.78 is 42.7. The van der Waals surface area contributed by atoms with E-state index in [-0.39, 0.29) is 0 Å². The Hall–Kier alpha value is -0.550. The molecular weight excluding hydrogens is 285 g/mol. The van der Waals surface area contributed by atoms with Crippen molar-refractivity contribution in [1.29, 1.82) is 0 Å². The number of alkyl halides is 3. The molecule has 0 atom stereocenters. The van der Waals surface area contributed by atoms with Gasteiger partial charge in [-0.1, -0.05) is 22.0 Å². The maximum atomic E-state index is 12.4. The first kappa shape index (κ1) is 11.9. The van der Waals surface area contributed by atoms with Gasteiger partial charge in [-0.3, -0.25) is 0 Å². The van der Waals surface area contributed by atoms with Gasteiger partial charge in [-0.2, -0.15) is 13.2 Å². The molecule has 0 unspecified atom stereocenters. The topological polar surface area (TPSA) is 9.23 Å². The molecule has 0 saturated carbocycles. The summed E-state index contributed by atoms with van der Waals surface area (Å²) in [6.07, 6.45) is -3.51. The molecule has 0 bridgehead atoms. The van der Waals surface area contributed by atoms with Crippen LogP contribution in [0.4, 0.5) is 13.2 Å². The van der Waals surface area contributed by atoms with E-state index in [9.17, 15) is 13.2 Å². The zero-order valence-electron chi connectivity index (χ0n) is 8.35. The summed E-state index contributed by atoms with van der Waals surface area (Å²) in [6, 6.07) is 3.79. The van der Waals surface area contributed by atoms with Gasteiger partial charge in [0.2, 0.25) is 0 Å². The first-order chi connectivity index (χ1) is 7.47. The van der Waals surface area contributed by atoms with E-state index in [4.69, 9.17) is 4.74 Å². The van der Waals surface area contributed by atoms with E-state index in [2.05, 4.69) is 15.9 Å². The van der Waals surface area contributed by atoms with Crippen molar-refractivity contribution in [1.82, 2.24) is 0 Å². The van der Waals surface area contributed by atoms with Crippen LogP contribution in [0.3, 0.4) is 0 Å². The van der Waals surface area contributed by atoms with E-state index in [0.29, 0.717) is 23.6 Å². The molecule has 16 heavy (non-hydrogen) atoms. The first-order valence-corrected chi connectivity index (χ1v) is 5.69. The van der Waals surface area contributed by atoms with Crippen LogP contribution in [0.15, 0.2) is 22.7 Å². The van der Waals surface area contributed by atoms with Crippen molar-refractivity contribution in [3.05, 3.63) is 33.8 Å². The van der Waals surface area contributed by atoms with E-state index < -0.39 is 11.7 Å². The molecule has 0 amide bonds. The van der Waals surface area contributed by atoms with E-state index >= 15 is 0 Å². The van der Waals surface area contributed by atoms with Gasteiger partial charge in [0.05, 0.1) is 18.8 Å². The third kappa shape index (κ3) is 2.58. The van der Waals surface area contributed by atoms with Crippen LogP contribution >= 0.6 is 15.9 Å². The molecule has 1 nitrogen and oxygen atoms in total.